The van der Waals surface area contributed by atoms with Gasteiger partial charge in [-0.05, 0) is 12.0 Å². The first-order valence-corrected chi connectivity index (χ1v) is 4.64. The van der Waals surface area contributed by atoms with E-state index in [4.69, 9.17) is 0 Å². The lowest BCUT2D eigenvalue weighted by Gasteiger charge is -2.29. The zero-order valence-corrected chi connectivity index (χ0v) is 8.76. The van der Waals surface area contributed by atoms with Gasteiger partial charge in [-0.25, -0.2) is 4.98 Å². The number of hydrogen-bond acceptors (Lipinski definition) is 3. The minimum atomic E-state index is 0.148. The molecule has 13 heavy (non-hydrogen) atoms. The average Bonchev–Trinajstić information content (AvgIpc) is 2.49. The smallest absolute Gasteiger partial charge is 0.141 e. The van der Waals surface area contributed by atoms with Crippen molar-refractivity contribution in [2.24, 2.45) is 5.41 Å². The van der Waals surface area contributed by atoms with E-state index >= 15 is 0 Å². The second-order valence-electron chi connectivity index (χ2n) is 4.23. The van der Waals surface area contributed by atoms with Crippen LogP contribution in [0.4, 0.5) is 0 Å². The monoisotopic (exact) mass is 182 g/mol. The lowest BCUT2D eigenvalue weighted by atomic mass is 9.86. The Bertz CT molecular complexity index is 235. The molecule has 0 aliphatic heterocycles. The highest BCUT2D eigenvalue weighted by molar-refractivity contribution is 4.97. The van der Waals surface area contributed by atoms with Crippen LogP contribution in [0.25, 0.3) is 0 Å². The van der Waals surface area contributed by atoms with E-state index in [0.29, 0.717) is 0 Å². The van der Waals surface area contributed by atoms with Crippen molar-refractivity contribution in [1.82, 2.24) is 20.5 Å². The van der Waals surface area contributed by atoms with Crippen molar-refractivity contribution in [3.05, 3.63) is 12.2 Å². The van der Waals surface area contributed by atoms with Gasteiger partial charge >= 0.3 is 0 Å². The molecule has 0 aliphatic carbocycles. The number of hydrogen-bond donors (Lipinski definition) is 2. The van der Waals surface area contributed by atoms with Crippen molar-refractivity contribution in [2.45, 2.75) is 33.7 Å². The molecule has 1 aromatic rings. The van der Waals surface area contributed by atoms with Gasteiger partial charge in [0.25, 0.3) is 0 Å². The fraction of sp³-hybridized carbons (Fsp3) is 0.778. The molecule has 1 aromatic heterocycles. The van der Waals surface area contributed by atoms with Gasteiger partial charge in [-0.3, -0.25) is 5.10 Å². The molecule has 0 saturated carbocycles. The quantitative estimate of drug-likeness (QED) is 0.745. The number of aromatic amines is 1. The van der Waals surface area contributed by atoms with Gasteiger partial charge in [-0.1, -0.05) is 27.7 Å². The summed E-state index contributed by atoms with van der Waals surface area (Å²) in [6.45, 7) is 9.58. The maximum absolute atomic E-state index is 4.17. The molecule has 0 saturated heterocycles. The average molecular weight is 182 g/mol. The van der Waals surface area contributed by atoms with Crippen molar-refractivity contribution >= 4 is 0 Å². The van der Waals surface area contributed by atoms with Crippen LogP contribution in [-0.4, -0.2) is 21.7 Å². The van der Waals surface area contributed by atoms with Gasteiger partial charge in [0.05, 0.1) is 6.04 Å². The largest absolute Gasteiger partial charge is 0.307 e. The van der Waals surface area contributed by atoms with Crippen LogP contribution in [0.5, 0.6) is 0 Å². The van der Waals surface area contributed by atoms with Gasteiger partial charge in [-0.2, -0.15) is 5.10 Å². The Hall–Kier alpha value is -0.900. The Labute approximate surface area is 79.2 Å². The molecule has 4 nitrogen and oxygen atoms in total. The van der Waals surface area contributed by atoms with E-state index in [2.05, 4.69) is 48.2 Å². The molecule has 1 atom stereocenters. The predicted octanol–water partition coefficient (Wildman–Crippen LogP) is 1.50. The molecule has 4 heteroatoms. The first-order chi connectivity index (χ1) is 6.05. The number of H-pyrrole nitrogens is 1. The Morgan fingerprint density at radius 3 is 2.62 bits per heavy atom. The molecule has 74 valence electrons. The number of aromatic nitrogens is 3. The topological polar surface area (TPSA) is 53.6 Å². The maximum atomic E-state index is 4.17. The van der Waals surface area contributed by atoms with Crippen LogP contribution in [0.1, 0.15) is 39.6 Å². The van der Waals surface area contributed by atoms with Crippen molar-refractivity contribution in [1.29, 1.82) is 0 Å². The normalized spacial score (nSPS) is 14.5. The SMILES string of the molecule is CCNC(c1ncn[nH]1)C(C)(C)C. The molecule has 0 bridgehead atoms. The Morgan fingerprint density at radius 1 is 1.54 bits per heavy atom. The van der Waals surface area contributed by atoms with E-state index in [-0.39, 0.29) is 11.5 Å². The van der Waals surface area contributed by atoms with Crippen LogP contribution in [0, 0.1) is 5.41 Å². The van der Waals surface area contributed by atoms with E-state index < -0.39 is 0 Å². The van der Waals surface area contributed by atoms with E-state index in [9.17, 15) is 0 Å². The molecule has 0 aliphatic rings. The molecule has 0 amide bonds. The minimum absolute atomic E-state index is 0.148. The molecule has 1 heterocycles. The third-order valence-electron chi connectivity index (χ3n) is 1.98. The summed E-state index contributed by atoms with van der Waals surface area (Å²) in [5, 5.41) is 10.2. The van der Waals surface area contributed by atoms with Crippen molar-refractivity contribution in [3.8, 4) is 0 Å². The first-order valence-electron chi connectivity index (χ1n) is 4.64. The summed E-state index contributed by atoms with van der Waals surface area (Å²) in [6, 6.07) is 0.236. The summed E-state index contributed by atoms with van der Waals surface area (Å²) in [5.74, 6) is 0.911. The molecule has 1 rings (SSSR count). The Balaban J connectivity index is 2.81. The number of nitrogens with zero attached hydrogens (tertiary/aromatic N) is 2. The van der Waals surface area contributed by atoms with Crippen LogP contribution in [0.3, 0.4) is 0 Å². The summed E-state index contributed by atoms with van der Waals surface area (Å²) in [4.78, 5) is 4.17. The highest BCUT2D eigenvalue weighted by Gasteiger charge is 2.27. The van der Waals surface area contributed by atoms with Gasteiger partial charge in [0.1, 0.15) is 12.2 Å². The molecular weight excluding hydrogens is 164 g/mol. The van der Waals surface area contributed by atoms with Crippen LogP contribution in [0.2, 0.25) is 0 Å². The summed E-state index contributed by atoms with van der Waals surface area (Å²) in [6.07, 6.45) is 1.55. The number of nitrogens with one attached hydrogen (secondary N) is 2. The number of rotatable bonds is 3. The highest BCUT2D eigenvalue weighted by Crippen LogP contribution is 2.29. The van der Waals surface area contributed by atoms with Gasteiger partial charge in [-0.15, -0.1) is 0 Å². The van der Waals surface area contributed by atoms with Gasteiger partial charge < -0.3 is 5.32 Å². The second-order valence-corrected chi connectivity index (χ2v) is 4.23. The summed E-state index contributed by atoms with van der Waals surface area (Å²) in [5.41, 5.74) is 0.148. The summed E-state index contributed by atoms with van der Waals surface area (Å²) in [7, 11) is 0. The van der Waals surface area contributed by atoms with Crippen LogP contribution in [-0.2, 0) is 0 Å². The maximum Gasteiger partial charge on any atom is 0.141 e. The van der Waals surface area contributed by atoms with Crippen molar-refractivity contribution < 1.29 is 0 Å². The highest BCUT2D eigenvalue weighted by atomic mass is 15.2. The molecule has 0 spiro atoms. The van der Waals surface area contributed by atoms with Gasteiger partial charge in [0.15, 0.2) is 0 Å². The van der Waals surface area contributed by atoms with Crippen LogP contribution < -0.4 is 5.32 Å². The lowest BCUT2D eigenvalue weighted by molar-refractivity contribution is 0.266. The first kappa shape index (κ1) is 10.2. The molecule has 0 fully saturated rings. The standard InChI is InChI=1S/C9H18N4/c1-5-10-7(9(2,3)4)8-11-6-12-13-8/h6-7,10H,5H2,1-4H3,(H,11,12,13). The van der Waals surface area contributed by atoms with Gasteiger partial charge in [0, 0.05) is 0 Å². The molecule has 2 N–H and O–H groups in total. The van der Waals surface area contributed by atoms with Crippen molar-refractivity contribution in [3.63, 3.8) is 0 Å². The lowest BCUT2D eigenvalue weighted by Crippen LogP contribution is -2.33. The Morgan fingerprint density at radius 2 is 2.23 bits per heavy atom. The second kappa shape index (κ2) is 3.87. The minimum Gasteiger partial charge on any atom is -0.307 e. The van der Waals surface area contributed by atoms with Crippen molar-refractivity contribution in [2.75, 3.05) is 6.54 Å². The van der Waals surface area contributed by atoms with E-state index in [1.807, 2.05) is 0 Å². The predicted molar refractivity (Wildman–Crippen MR) is 52.3 cm³/mol. The van der Waals surface area contributed by atoms with Crippen LogP contribution >= 0.6 is 0 Å². The Kier molecular flexibility index (Phi) is 3.03. The zero-order valence-electron chi connectivity index (χ0n) is 8.76. The van der Waals surface area contributed by atoms with Gasteiger partial charge in [0.2, 0.25) is 0 Å². The van der Waals surface area contributed by atoms with E-state index in [1.165, 1.54) is 0 Å². The molecule has 0 radical (unpaired) electrons. The summed E-state index contributed by atoms with van der Waals surface area (Å²) < 4.78 is 0. The molecule has 1 unspecified atom stereocenters. The fourth-order valence-electron chi connectivity index (χ4n) is 1.37. The van der Waals surface area contributed by atoms with E-state index in [0.717, 1.165) is 12.4 Å². The summed E-state index contributed by atoms with van der Waals surface area (Å²) >= 11 is 0. The van der Waals surface area contributed by atoms with Crippen LogP contribution in [0.15, 0.2) is 6.33 Å². The zero-order chi connectivity index (χ0) is 9.90. The van der Waals surface area contributed by atoms with E-state index in [1.54, 1.807) is 6.33 Å². The molecule has 0 aromatic carbocycles. The third kappa shape index (κ3) is 2.52. The third-order valence-corrected chi connectivity index (χ3v) is 1.98. The molecular formula is C9H18N4. The fourth-order valence-corrected chi connectivity index (χ4v) is 1.37.